The summed E-state index contributed by atoms with van der Waals surface area (Å²) in [4.78, 5) is 27.3. The summed E-state index contributed by atoms with van der Waals surface area (Å²) in [5.41, 5.74) is 0.142. The Bertz CT molecular complexity index is 1060. The van der Waals surface area contributed by atoms with E-state index >= 15 is 0 Å². The largest absolute Gasteiger partial charge is 0.489 e. The molecule has 0 radical (unpaired) electrons. The van der Waals surface area contributed by atoms with Gasteiger partial charge in [0.15, 0.2) is 0 Å². The molecule has 7 nitrogen and oxygen atoms in total. The fourth-order valence-corrected chi connectivity index (χ4v) is 5.40. The molecular weight excluding hydrogens is 456 g/mol. The number of nitrogens with zero attached hydrogens (tertiary/aromatic N) is 1. The van der Waals surface area contributed by atoms with Gasteiger partial charge in [0.2, 0.25) is 5.91 Å². The minimum Gasteiger partial charge on any atom is -0.489 e. The maximum absolute atomic E-state index is 13.9. The number of rotatable bonds is 7. The summed E-state index contributed by atoms with van der Waals surface area (Å²) >= 11 is 6.10. The third-order valence-corrected chi connectivity index (χ3v) is 7.61. The molecule has 2 aromatic rings. The molecule has 2 heterocycles. The minimum absolute atomic E-state index is 0.00978. The van der Waals surface area contributed by atoms with Crippen molar-refractivity contribution < 1.29 is 24.2 Å². The molecule has 0 spiro atoms. The van der Waals surface area contributed by atoms with Gasteiger partial charge in [-0.15, -0.1) is 0 Å². The molecule has 8 heteroatoms. The number of halogens is 1. The van der Waals surface area contributed by atoms with Crippen LogP contribution < -0.4 is 10.1 Å². The van der Waals surface area contributed by atoms with E-state index < -0.39 is 17.0 Å². The lowest BCUT2D eigenvalue weighted by atomic mass is 9.86. The maximum atomic E-state index is 13.9. The molecule has 2 saturated heterocycles. The second-order valence-electron chi connectivity index (χ2n) is 9.49. The second kappa shape index (κ2) is 9.21. The van der Waals surface area contributed by atoms with Crippen LogP contribution in [-0.2, 0) is 15.1 Å². The van der Waals surface area contributed by atoms with E-state index in [9.17, 15) is 14.7 Å². The zero-order valence-electron chi connectivity index (χ0n) is 19.0. The number of nitrogens with one attached hydrogen (secondary N) is 1. The Morgan fingerprint density at radius 3 is 2.47 bits per heavy atom. The van der Waals surface area contributed by atoms with Gasteiger partial charge < -0.3 is 19.9 Å². The molecule has 5 rings (SSSR count). The van der Waals surface area contributed by atoms with Crippen LogP contribution in [0, 0.1) is 0 Å². The van der Waals surface area contributed by atoms with Crippen LogP contribution in [0.15, 0.2) is 48.5 Å². The molecule has 2 aliphatic heterocycles. The van der Waals surface area contributed by atoms with Crippen LogP contribution >= 0.6 is 11.6 Å². The van der Waals surface area contributed by atoms with Gasteiger partial charge in [0, 0.05) is 31.3 Å². The average molecular weight is 485 g/mol. The first-order valence-corrected chi connectivity index (χ1v) is 12.2. The molecule has 0 bridgehead atoms. The summed E-state index contributed by atoms with van der Waals surface area (Å²) < 4.78 is 11.8. The molecule has 1 saturated carbocycles. The third kappa shape index (κ3) is 4.52. The van der Waals surface area contributed by atoms with Gasteiger partial charge in [-0.3, -0.25) is 9.69 Å². The van der Waals surface area contributed by atoms with Crippen LogP contribution in [0.25, 0.3) is 0 Å². The third-order valence-electron chi connectivity index (χ3n) is 7.38. The average Bonchev–Trinajstić information content (AvgIpc) is 3.47. The maximum Gasteiger partial charge on any atom is 0.335 e. The molecule has 34 heavy (non-hydrogen) atoms. The number of likely N-dealkylation sites (tertiary alicyclic amines) is 1. The molecule has 0 unspecified atom stereocenters. The Hall–Kier alpha value is -2.61. The van der Waals surface area contributed by atoms with Crippen LogP contribution in [0.2, 0.25) is 5.02 Å². The highest BCUT2D eigenvalue weighted by molar-refractivity contribution is 6.30. The van der Waals surface area contributed by atoms with Crippen LogP contribution in [0.1, 0.15) is 48.0 Å². The molecule has 1 aliphatic carbocycles. The van der Waals surface area contributed by atoms with E-state index in [-0.39, 0.29) is 17.6 Å². The van der Waals surface area contributed by atoms with Crippen molar-refractivity contribution in [3.8, 4) is 5.75 Å². The topological polar surface area (TPSA) is 88.1 Å². The van der Waals surface area contributed by atoms with Gasteiger partial charge in [-0.25, -0.2) is 4.79 Å². The van der Waals surface area contributed by atoms with Crippen LogP contribution in [0.3, 0.4) is 0 Å². The molecule has 0 aromatic heterocycles. The highest BCUT2D eigenvalue weighted by Crippen LogP contribution is 2.46. The number of benzene rings is 2. The smallest absolute Gasteiger partial charge is 0.335 e. The first kappa shape index (κ1) is 23.1. The van der Waals surface area contributed by atoms with Crippen molar-refractivity contribution in [3.05, 3.63) is 64.7 Å². The second-order valence-corrected chi connectivity index (χ2v) is 9.93. The first-order chi connectivity index (χ1) is 16.4. The fourth-order valence-electron chi connectivity index (χ4n) is 5.22. The number of carboxylic acids is 1. The highest BCUT2D eigenvalue weighted by Gasteiger charge is 2.53. The molecule has 1 amide bonds. The summed E-state index contributed by atoms with van der Waals surface area (Å²) in [6, 6.07) is 14.2. The number of hydrogen-bond acceptors (Lipinski definition) is 5. The van der Waals surface area contributed by atoms with Crippen LogP contribution in [-0.4, -0.2) is 59.8 Å². The highest BCUT2D eigenvalue weighted by atomic mass is 35.5. The molecular formula is C26H29ClN2O5. The van der Waals surface area contributed by atoms with E-state index in [0.717, 1.165) is 37.1 Å². The Morgan fingerprint density at radius 1 is 1.09 bits per heavy atom. The van der Waals surface area contributed by atoms with E-state index in [0.29, 0.717) is 37.6 Å². The van der Waals surface area contributed by atoms with Crippen molar-refractivity contribution in [1.29, 1.82) is 0 Å². The molecule has 2 aromatic carbocycles. The Morgan fingerprint density at radius 2 is 1.82 bits per heavy atom. The van der Waals surface area contributed by atoms with Crippen molar-refractivity contribution in [2.75, 3.05) is 26.3 Å². The predicted octanol–water partition coefficient (Wildman–Crippen LogP) is 3.85. The standard InChI is InChI=1S/C26H29ClN2O5/c27-20-2-1-3-21(16-20)34-22-8-13-29(17-22)26(11-14-33-15-12-26)24(32)28-25(9-10-25)19-6-4-18(5-7-19)23(30)31/h1-7,16,22H,8-15,17H2,(H,28,32)(H,30,31)/t22-/m0/s1. The number of aromatic carboxylic acids is 1. The zero-order chi connectivity index (χ0) is 23.8. The molecule has 1 atom stereocenters. The quantitative estimate of drug-likeness (QED) is 0.620. The predicted molar refractivity (Wildman–Crippen MR) is 127 cm³/mol. The number of amides is 1. The molecule has 3 fully saturated rings. The number of carbonyl (C=O) groups is 2. The van der Waals surface area contributed by atoms with Crippen LogP contribution in [0.4, 0.5) is 0 Å². The Labute approximate surface area is 204 Å². The van der Waals surface area contributed by atoms with E-state index in [1.807, 2.05) is 36.4 Å². The van der Waals surface area contributed by atoms with E-state index in [4.69, 9.17) is 21.1 Å². The number of ether oxygens (including phenoxy) is 2. The van der Waals surface area contributed by atoms with Crippen molar-refractivity contribution in [2.45, 2.75) is 49.3 Å². The number of carboxylic acid groups (broad SMARTS) is 1. The van der Waals surface area contributed by atoms with Gasteiger partial charge in [0.1, 0.15) is 17.4 Å². The Kier molecular flexibility index (Phi) is 6.27. The minimum atomic E-state index is -0.954. The lowest BCUT2D eigenvalue weighted by Gasteiger charge is -2.43. The van der Waals surface area contributed by atoms with Gasteiger partial charge in [-0.2, -0.15) is 0 Å². The van der Waals surface area contributed by atoms with Crippen molar-refractivity contribution in [1.82, 2.24) is 10.2 Å². The Balaban J connectivity index is 1.31. The van der Waals surface area contributed by atoms with Gasteiger partial charge in [-0.05, 0) is 68.0 Å². The van der Waals surface area contributed by atoms with E-state index in [1.54, 1.807) is 12.1 Å². The van der Waals surface area contributed by atoms with Gasteiger partial charge in [0.05, 0.1) is 11.1 Å². The normalized spacial score (nSPS) is 23.3. The van der Waals surface area contributed by atoms with Crippen molar-refractivity contribution >= 4 is 23.5 Å². The molecule has 2 N–H and O–H groups in total. The fraction of sp³-hybridized carbons (Fsp3) is 0.462. The van der Waals surface area contributed by atoms with Crippen molar-refractivity contribution in [2.24, 2.45) is 0 Å². The summed E-state index contributed by atoms with van der Waals surface area (Å²) in [5, 5.41) is 13.2. The van der Waals surface area contributed by atoms with Gasteiger partial charge in [0.25, 0.3) is 0 Å². The first-order valence-electron chi connectivity index (χ1n) is 11.8. The summed E-state index contributed by atoms with van der Waals surface area (Å²) in [5.74, 6) is -0.184. The van der Waals surface area contributed by atoms with Crippen molar-refractivity contribution in [3.63, 3.8) is 0 Å². The lowest BCUT2D eigenvalue weighted by molar-refractivity contribution is -0.141. The monoisotopic (exact) mass is 484 g/mol. The molecule has 180 valence electrons. The molecule has 3 aliphatic rings. The number of hydrogen-bond donors (Lipinski definition) is 2. The zero-order valence-corrected chi connectivity index (χ0v) is 19.7. The van der Waals surface area contributed by atoms with Gasteiger partial charge >= 0.3 is 5.97 Å². The SMILES string of the molecule is O=C(O)c1ccc(C2(NC(=O)C3(N4CC[C@H](Oc5cccc(Cl)c5)C4)CCOCC3)CC2)cc1. The number of carbonyl (C=O) groups excluding carboxylic acids is 1. The van der Waals surface area contributed by atoms with Gasteiger partial charge in [-0.1, -0.05) is 29.8 Å². The van der Waals surface area contributed by atoms with E-state index in [1.165, 1.54) is 0 Å². The lowest BCUT2D eigenvalue weighted by Crippen LogP contribution is -2.62. The summed E-state index contributed by atoms with van der Waals surface area (Å²) in [7, 11) is 0. The van der Waals surface area contributed by atoms with E-state index in [2.05, 4.69) is 10.2 Å². The van der Waals surface area contributed by atoms with Crippen LogP contribution in [0.5, 0.6) is 5.75 Å². The summed E-state index contributed by atoms with van der Waals surface area (Å²) in [6.45, 7) is 2.54. The summed E-state index contributed by atoms with van der Waals surface area (Å²) in [6.07, 6.45) is 3.79.